The molecule has 0 spiro atoms. The summed E-state index contributed by atoms with van der Waals surface area (Å²) in [5, 5.41) is 3.49. The Balaban J connectivity index is 1.36. The van der Waals surface area contributed by atoms with Gasteiger partial charge < -0.3 is 10.2 Å². The molecule has 0 atom stereocenters. The first-order valence-corrected chi connectivity index (χ1v) is 9.39. The van der Waals surface area contributed by atoms with Gasteiger partial charge in [-0.2, -0.15) is 0 Å². The van der Waals surface area contributed by atoms with E-state index in [-0.39, 0.29) is 0 Å². The molecule has 0 amide bonds. The number of hydrogen-bond donors (Lipinski definition) is 1. The summed E-state index contributed by atoms with van der Waals surface area (Å²) in [7, 11) is 0. The number of piperidine rings is 1. The topological polar surface area (TPSA) is 58.4 Å². The minimum absolute atomic E-state index is 0.652. The lowest BCUT2D eigenvalue weighted by Crippen LogP contribution is -2.36. The van der Waals surface area contributed by atoms with E-state index in [9.17, 15) is 0 Å². The van der Waals surface area contributed by atoms with E-state index in [1.54, 1.807) is 12.4 Å². The highest BCUT2D eigenvalue weighted by Gasteiger charge is 2.20. The number of nitrogens with zero attached hydrogens (tertiary/aromatic N) is 5. The Kier molecular flexibility index (Phi) is 4.57. The first-order valence-electron chi connectivity index (χ1n) is 8.60. The van der Waals surface area contributed by atoms with Crippen LogP contribution in [0, 0.1) is 12.8 Å². The van der Waals surface area contributed by atoms with Gasteiger partial charge in [0.2, 0.25) is 0 Å². The zero-order chi connectivity index (χ0) is 17.2. The summed E-state index contributed by atoms with van der Waals surface area (Å²) in [5.41, 5.74) is 3.22. The number of imidazole rings is 1. The summed E-state index contributed by atoms with van der Waals surface area (Å²) in [6.07, 6.45) is 9.76. The molecule has 1 saturated heterocycles. The predicted octanol–water partition coefficient (Wildman–Crippen LogP) is 3.52. The third-order valence-corrected chi connectivity index (χ3v) is 5.39. The Morgan fingerprint density at radius 1 is 1.20 bits per heavy atom. The molecule has 0 bridgehead atoms. The number of nitrogens with one attached hydrogen (secondary N) is 1. The van der Waals surface area contributed by atoms with Gasteiger partial charge in [0, 0.05) is 49.6 Å². The van der Waals surface area contributed by atoms with E-state index >= 15 is 0 Å². The second kappa shape index (κ2) is 7.00. The minimum atomic E-state index is 0.652. The van der Waals surface area contributed by atoms with Crippen LogP contribution >= 0.6 is 15.9 Å². The van der Waals surface area contributed by atoms with Gasteiger partial charge in [0.15, 0.2) is 11.5 Å². The third kappa shape index (κ3) is 3.46. The molecule has 0 saturated carbocycles. The lowest BCUT2D eigenvalue weighted by atomic mass is 9.96. The molecule has 0 aromatic carbocycles. The molecule has 1 aliphatic heterocycles. The molecular weight excluding hydrogens is 380 g/mol. The Labute approximate surface area is 155 Å². The van der Waals surface area contributed by atoms with E-state index in [1.165, 1.54) is 18.5 Å². The summed E-state index contributed by atoms with van der Waals surface area (Å²) in [5.74, 6) is 1.50. The molecule has 0 aliphatic carbocycles. The van der Waals surface area contributed by atoms with Gasteiger partial charge in [-0.15, -0.1) is 0 Å². The molecule has 25 heavy (non-hydrogen) atoms. The molecule has 130 valence electrons. The van der Waals surface area contributed by atoms with Gasteiger partial charge >= 0.3 is 0 Å². The van der Waals surface area contributed by atoms with Gasteiger partial charge in [-0.3, -0.25) is 9.38 Å². The number of fused-ring (bicyclic) bond motifs is 1. The van der Waals surface area contributed by atoms with Gasteiger partial charge in [0.25, 0.3) is 0 Å². The molecule has 1 N–H and O–H groups in total. The fraction of sp³-hybridized carbons (Fsp3) is 0.389. The maximum absolute atomic E-state index is 4.44. The summed E-state index contributed by atoms with van der Waals surface area (Å²) < 4.78 is 2.93. The van der Waals surface area contributed by atoms with Crippen molar-refractivity contribution < 1.29 is 0 Å². The van der Waals surface area contributed by atoms with E-state index in [0.29, 0.717) is 5.92 Å². The van der Waals surface area contributed by atoms with Crippen LogP contribution < -0.4 is 10.2 Å². The second-order valence-corrected chi connectivity index (χ2v) is 7.33. The van der Waals surface area contributed by atoms with Gasteiger partial charge in [-0.25, -0.2) is 9.97 Å². The Bertz CT molecular complexity index is 869. The van der Waals surface area contributed by atoms with Crippen LogP contribution in [0.15, 0.2) is 41.5 Å². The molecule has 7 heteroatoms. The van der Waals surface area contributed by atoms with Crippen LogP contribution in [0.4, 0.5) is 11.5 Å². The molecule has 6 nitrogen and oxygen atoms in total. The van der Waals surface area contributed by atoms with Crippen molar-refractivity contribution in [3.05, 3.63) is 47.2 Å². The molecule has 3 aromatic rings. The lowest BCUT2D eigenvalue weighted by Gasteiger charge is -2.33. The van der Waals surface area contributed by atoms with Gasteiger partial charge in [0.05, 0.1) is 6.20 Å². The van der Waals surface area contributed by atoms with E-state index in [2.05, 4.69) is 53.2 Å². The van der Waals surface area contributed by atoms with Crippen molar-refractivity contribution in [2.75, 3.05) is 29.9 Å². The largest absolute Gasteiger partial charge is 0.371 e. The zero-order valence-electron chi connectivity index (χ0n) is 14.2. The zero-order valence-corrected chi connectivity index (χ0v) is 15.8. The van der Waals surface area contributed by atoms with Crippen LogP contribution in [0.2, 0.25) is 0 Å². The average molecular weight is 401 g/mol. The molecule has 4 rings (SSSR count). The number of halogens is 1. The first-order chi connectivity index (χ1) is 12.2. The average Bonchev–Trinajstić information content (AvgIpc) is 3.02. The number of aromatic nitrogens is 4. The van der Waals surface area contributed by atoms with Crippen molar-refractivity contribution in [3.8, 4) is 0 Å². The number of anilines is 2. The quantitative estimate of drug-likeness (QED) is 0.725. The van der Waals surface area contributed by atoms with Crippen LogP contribution in [0.25, 0.3) is 5.65 Å². The maximum atomic E-state index is 4.44. The van der Waals surface area contributed by atoms with Crippen molar-refractivity contribution >= 4 is 33.1 Å². The monoisotopic (exact) mass is 400 g/mol. The van der Waals surface area contributed by atoms with Crippen molar-refractivity contribution in [1.82, 2.24) is 19.4 Å². The smallest absolute Gasteiger partial charge is 0.180 e. The standard InChI is InChI=1S/C18H21BrN6/c1-13-10-15(2-5-20-13)24-7-3-14(4-8-24)11-22-17-18-23-12-16(19)25(18)9-6-21-17/h2,5-6,9-10,12,14H,3-4,7-8,11H2,1H3,(H,21,22). The molecule has 4 heterocycles. The summed E-state index contributed by atoms with van der Waals surface area (Å²) in [6.45, 7) is 5.15. The Morgan fingerprint density at radius 3 is 2.84 bits per heavy atom. The molecule has 1 aliphatic rings. The number of pyridine rings is 1. The van der Waals surface area contributed by atoms with Crippen LogP contribution in [0.3, 0.4) is 0 Å². The number of rotatable bonds is 4. The van der Waals surface area contributed by atoms with Crippen LogP contribution in [0.1, 0.15) is 18.5 Å². The van der Waals surface area contributed by atoms with E-state index in [4.69, 9.17) is 0 Å². The van der Waals surface area contributed by atoms with Crippen LogP contribution in [0.5, 0.6) is 0 Å². The molecule has 0 unspecified atom stereocenters. The van der Waals surface area contributed by atoms with Crippen molar-refractivity contribution in [3.63, 3.8) is 0 Å². The van der Waals surface area contributed by atoms with Gasteiger partial charge in [0.1, 0.15) is 4.60 Å². The van der Waals surface area contributed by atoms with Gasteiger partial charge in [-0.05, 0) is 53.7 Å². The number of hydrogen-bond acceptors (Lipinski definition) is 5. The summed E-state index contributed by atoms with van der Waals surface area (Å²) >= 11 is 3.50. The Hall–Kier alpha value is -2.15. The SMILES string of the molecule is Cc1cc(N2CCC(CNc3nccn4c(Br)cnc34)CC2)ccn1. The van der Waals surface area contributed by atoms with Crippen LogP contribution in [-0.4, -0.2) is 39.0 Å². The fourth-order valence-corrected chi connectivity index (χ4v) is 3.77. The number of aryl methyl sites for hydroxylation is 1. The predicted molar refractivity (Wildman–Crippen MR) is 103 cm³/mol. The Morgan fingerprint density at radius 2 is 2.04 bits per heavy atom. The van der Waals surface area contributed by atoms with E-state index in [1.807, 2.05) is 23.7 Å². The first kappa shape index (κ1) is 16.3. The van der Waals surface area contributed by atoms with E-state index in [0.717, 1.165) is 41.4 Å². The normalized spacial score (nSPS) is 15.7. The van der Waals surface area contributed by atoms with Crippen LogP contribution in [-0.2, 0) is 0 Å². The lowest BCUT2D eigenvalue weighted by molar-refractivity contribution is 0.423. The van der Waals surface area contributed by atoms with Crippen molar-refractivity contribution in [1.29, 1.82) is 0 Å². The highest BCUT2D eigenvalue weighted by molar-refractivity contribution is 9.10. The summed E-state index contributed by atoms with van der Waals surface area (Å²) in [6, 6.07) is 4.27. The molecule has 0 radical (unpaired) electrons. The second-order valence-electron chi connectivity index (χ2n) is 6.52. The molecule has 1 fully saturated rings. The highest BCUT2D eigenvalue weighted by Crippen LogP contribution is 2.24. The third-order valence-electron chi connectivity index (χ3n) is 4.80. The van der Waals surface area contributed by atoms with Gasteiger partial charge in [-0.1, -0.05) is 0 Å². The van der Waals surface area contributed by atoms with Crippen molar-refractivity contribution in [2.24, 2.45) is 5.92 Å². The molecule has 3 aromatic heterocycles. The highest BCUT2D eigenvalue weighted by atomic mass is 79.9. The van der Waals surface area contributed by atoms with Crippen molar-refractivity contribution in [2.45, 2.75) is 19.8 Å². The summed E-state index contributed by atoms with van der Waals surface area (Å²) in [4.78, 5) is 15.6. The fourth-order valence-electron chi connectivity index (χ4n) is 3.38. The minimum Gasteiger partial charge on any atom is -0.371 e. The maximum Gasteiger partial charge on any atom is 0.180 e. The van der Waals surface area contributed by atoms with E-state index < -0.39 is 0 Å². The molecular formula is C18H21BrN6.